The third-order valence-electron chi connectivity index (χ3n) is 3.23. The van der Waals surface area contributed by atoms with Gasteiger partial charge in [-0.1, -0.05) is 30.3 Å². The highest BCUT2D eigenvalue weighted by Crippen LogP contribution is 2.28. The van der Waals surface area contributed by atoms with Crippen LogP contribution in [0.3, 0.4) is 0 Å². The monoisotopic (exact) mass is 230 g/mol. The lowest BCUT2D eigenvalue weighted by Gasteiger charge is -2.23. The molecule has 0 radical (unpaired) electrons. The van der Waals surface area contributed by atoms with Crippen LogP contribution in [0.1, 0.15) is 24.3 Å². The Morgan fingerprint density at radius 2 is 2.06 bits per heavy atom. The highest BCUT2D eigenvalue weighted by atomic mass is 16.3. The molecule has 0 saturated heterocycles. The van der Waals surface area contributed by atoms with Crippen LogP contribution in [-0.4, -0.2) is 35.7 Å². The van der Waals surface area contributed by atoms with Gasteiger partial charge in [-0.15, -0.1) is 0 Å². The lowest BCUT2D eigenvalue weighted by Crippen LogP contribution is -2.33. The van der Waals surface area contributed by atoms with Gasteiger partial charge < -0.3 is 5.11 Å². The first-order chi connectivity index (χ1) is 8.35. The Kier molecular flexibility index (Phi) is 4.13. The van der Waals surface area contributed by atoms with Gasteiger partial charge in [0.2, 0.25) is 0 Å². The van der Waals surface area contributed by atoms with Crippen molar-refractivity contribution in [2.45, 2.75) is 24.8 Å². The Labute approximate surface area is 102 Å². The fraction of sp³-hybridized carbons (Fsp3) is 0.500. The first-order valence-corrected chi connectivity index (χ1v) is 6.14. The molecule has 0 spiro atoms. The van der Waals surface area contributed by atoms with E-state index in [9.17, 15) is 5.26 Å². The summed E-state index contributed by atoms with van der Waals surface area (Å²) in [5.41, 5.74) is 1.07. The van der Waals surface area contributed by atoms with Gasteiger partial charge in [-0.05, 0) is 18.4 Å². The molecule has 0 amide bonds. The average molecular weight is 230 g/mol. The molecule has 0 aromatic heterocycles. The Morgan fingerprint density at radius 1 is 1.35 bits per heavy atom. The zero-order chi connectivity index (χ0) is 12.1. The molecule has 1 unspecified atom stereocenters. The van der Waals surface area contributed by atoms with Crippen LogP contribution < -0.4 is 0 Å². The number of benzene rings is 1. The number of hydrogen-bond acceptors (Lipinski definition) is 3. The molecule has 17 heavy (non-hydrogen) atoms. The number of aliphatic hydroxyl groups excluding tert-OH is 1. The topological polar surface area (TPSA) is 47.3 Å². The van der Waals surface area contributed by atoms with Gasteiger partial charge in [0.05, 0.1) is 18.6 Å². The van der Waals surface area contributed by atoms with Crippen molar-refractivity contribution < 1.29 is 5.11 Å². The number of nitrogens with zero attached hydrogens (tertiary/aromatic N) is 2. The van der Waals surface area contributed by atoms with Crippen LogP contribution in [-0.2, 0) is 0 Å². The van der Waals surface area contributed by atoms with Crippen LogP contribution in [0.4, 0.5) is 0 Å². The van der Waals surface area contributed by atoms with Gasteiger partial charge in [-0.3, -0.25) is 4.90 Å². The minimum atomic E-state index is -0.0941. The van der Waals surface area contributed by atoms with E-state index in [2.05, 4.69) is 11.0 Å². The number of hydrogen-bond donors (Lipinski definition) is 1. The van der Waals surface area contributed by atoms with Gasteiger partial charge in [-0.2, -0.15) is 5.26 Å². The predicted molar refractivity (Wildman–Crippen MR) is 66.5 cm³/mol. The molecule has 90 valence electrons. The first-order valence-electron chi connectivity index (χ1n) is 6.14. The summed E-state index contributed by atoms with van der Waals surface area (Å²) in [5, 5.41) is 18.3. The molecule has 1 aromatic rings. The Balaban J connectivity index is 2.01. The van der Waals surface area contributed by atoms with E-state index >= 15 is 0 Å². The minimum absolute atomic E-state index is 0.0941. The predicted octanol–water partition coefficient (Wildman–Crippen LogP) is 1.75. The molecule has 0 aliphatic heterocycles. The van der Waals surface area contributed by atoms with Crippen molar-refractivity contribution in [1.82, 2.24) is 4.90 Å². The maximum atomic E-state index is 9.26. The van der Waals surface area contributed by atoms with Crippen molar-refractivity contribution >= 4 is 0 Å². The molecule has 1 aliphatic carbocycles. The van der Waals surface area contributed by atoms with Crippen molar-refractivity contribution in [2.75, 3.05) is 19.7 Å². The van der Waals surface area contributed by atoms with E-state index in [1.807, 2.05) is 30.3 Å². The molecule has 2 rings (SSSR count). The van der Waals surface area contributed by atoms with Crippen LogP contribution in [0.5, 0.6) is 0 Å². The van der Waals surface area contributed by atoms with Crippen molar-refractivity contribution in [3.05, 3.63) is 35.9 Å². The molecule has 3 heteroatoms. The van der Waals surface area contributed by atoms with Gasteiger partial charge in [0.25, 0.3) is 0 Å². The van der Waals surface area contributed by atoms with Crippen LogP contribution in [0.15, 0.2) is 30.3 Å². The van der Waals surface area contributed by atoms with Crippen LogP contribution >= 0.6 is 0 Å². The third-order valence-corrected chi connectivity index (χ3v) is 3.23. The largest absolute Gasteiger partial charge is 0.395 e. The summed E-state index contributed by atoms with van der Waals surface area (Å²) in [6.07, 6.45) is 2.40. The molecule has 1 aromatic carbocycles. The van der Waals surface area contributed by atoms with Crippen LogP contribution in [0.25, 0.3) is 0 Å². The average Bonchev–Trinajstić information content (AvgIpc) is 3.20. The fourth-order valence-electron chi connectivity index (χ4n) is 2.13. The Bertz CT molecular complexity index is 381. The highest BCUT2D eigenvalue weighted by molar-refractivity contribution is 5.25. The molecule has 3 nitrogen and oxygen atoms in total. The summed E-state index contributed by atoms with van der Waals surface area (Å²) in [6, 6.07) is 12.8. The van der Waals surface area contributed by atoms with Crippen molar-refractivity contribution in [3.63, 3.8) is 0 Å². The summed E-state index contributed by atoms with van der Waals surface area (Å²) in [5.74, 6) is -0.0941. The summed E-state index contributed by atoms with van der Waals surface area (Å²) < 4.78 is 0. The van der Waals surface area contributed by atoms with Gasteiger partial charge >= 0.3 is 0 Å². The smallest absolute Gasteiger partial charge is 0.0839 e. The molecule has 0 bridgehead atoms. The zero-order valence-electron chi connectivity index (χ0n) is 9.92. The zero-order valence-corrected chi connectivity index (χ0v) is 9.92. The number of aliphatic hydroxyl groups is 1. The SMILES string of the molecule is N#CC(CN(CCO)C1CC1)c1ccccc1. The first kappa shape index (κ1) is 12.1. The highest BCUT2D eigenvalue weighted by Gasteiger charge is 2.30. The van der Waals surface area contributed by atoms with E-state index in [0.29, 0.717) is 12.6 Å². The summed E-state index contributed by atoms with van der Waals surface area (Å²) in [7, 11) is 0. The standard InChI is InChI=1S/C14H18N2O/c15-10-13(12-4-2-1-3-5-12)11-16(8-9-17)14-6-7-14/h1-5,13-14,17H,6-9,11H2. The molecule has 1 saturated carbocycles. The molecule has 1 N–H and O–H groups in total. The van der Waals surface area contributed by atoms with Gasteiger partial charge in [0.1, 0.15) is 0 Å². The third kappa shape index (κ3) is 3.29. The van der Waals surface area contributed by atoms with E-state index in [-0.39, 0.29) is 12.5 Å². The molecule has 1 atom stereocenters. The lowest BCUT2D eigenvalue weighted by molar-refractivity contribution is 0.187. The van der Waals surface area contributed by atoms with Crippen LogP contribution in [0.2, 0.25) is 0 Å². The van der Waals surface area contributed by atoms with Gasteiger partial charge in [0.15, 0.2) is 0 Å². The van der Waals surface area contributed by atoms with Crippen LogP contribution in [0, 0.1) is 11.3 Å². The summed E-state index contributed by atoms with van der Waals surface area (Å²) in [6.45, 7) is 1.57. The summed E-state index contributed by atoms with van der Waals surface area (Å²) in [4.78, 5) is 2.24. The van der Waals surface area contributed by atoms with E-state index < -0.39 is 0 Å². The van der Waals surface area contributed by atoms with Crippen molar-refractivity contribution in [2.24, 2.45) is 0 Å². The van der Waals surface area contributed by atoms with Crippen molar-refractivity contribution in [3.8, 4) is 6.07 Å². The van der Waals surface area contributed by atoms with E-state index in [4.69, 9.17) is 5.11 Å². The molecule has 1 aliphatic rings. The Morgan fingerprint density at radius 3 is 2.59 bits per heavy atom. The second-order valence-electron chi connectivity index (χ2n) is 4.54. The quantitative estimate of drug-likeness (QED) is 0.810. The summed E-state index contributed by atoms with van der Waals surface area (Å²) >= 11 is 0. The van der Waals surface area contributed by atoms with Gasteiger partial charge in [0, 0.05) is 19.1 Å². The lowest BCUT2D eigenvalue weighted by atomic mass is 10.00. The van der Waals surface area contributed by atoms with E-state index in [1.54, 1.807) is 0 Å². The number of nitriles is 1. The number of rotatable bonds is 6. The maximum Gasteiger partial charge on any atom is 0.0839 e. The molecular formula is C14H18N2O. The molecule has 0 heterocycles. The molecule has 1 fully saturated rings. The van der Waals surface area contributed by atoms with Crippen molar-refractivity contribution in [1.29, 1.82) is 5.26 Å². The second kappa shape index (κ2) is 5.81. The second-order valence-corrected chi connectivity index (χ2v) is 4.54. The van der Waals surface area contributed by atoms with E-state index in [1.165, 1.54) is 12.8 Å². The van der Waals surface area contributed by atoms with E-state index in [0.717, 1.165) is 12.1 Å². The minimum Gasteiger partial charge on any atom is -0.395 e. The fourth-order valence-corrected chi connectivity index (χ4v) is 2.13. The normalized spacial score (nSPS) is 16.8. The molecular weight excluding hydrogens is 212 g/mol. The Hall–Kier alpha value is -1.37. The van der Waals surface area contributed by atoms with Gasteiger partial charge in [-0.25, -0.2) is 0 Å². The maximum absolute atomic E-state index is 9.26.